The van der Waals surface area contributed by atoms with Gasteiger partial charge in [-0.1, -0.05) is 30.0 Å². The molecule has 3 rings (SSSR count). The van der Waals surface area contributed by atoms with Crippen LogP contribution >= 0.6 is 11.8 Å². The Balaban J connectivity index is 1.66. The van der Waals surface area contributed by atoms with E-state index in [1.54, 1.807) is 22.8 Å². The number of hydrogen-bond donors (Lipinski definition) is 1. The third-order valence-electron chi connectivity index (χ3n) is 3.99. The molecule has 0 unspecified atom stereocenters. The molecule has 2 aromatic carbocycles. The van der Waals surface area contributed by atoms with Gasteiger partial charge in [-0.3, -0.25) is 4.79 Å². The number of carbonyl (C=O) groups excluding carboxylic acids is 1. The molecular formula is C19H19FN4O3S2. The Hall–Kier alpha value is -2.72. The summed E-state index contributed by atoms with van der Waals surface area (Å²) >= 11 is 1.15. The summed E-state index contributed by atoms with van der Waals surface area (Å²) in [6.45, 7) is 2.32. The van der Waals surface area contributed by atoms with E-state index in [1.807, 2.05) is 6.92 Å². The van der Waals surface area contributed by atoms with E-state index in [-0.39, 0.29) is 28.1 Å². The van der Waals surface area contributed by atoms with E-state index < -0.39 is 9.84 Å². The molecule has 7 nitrogen and oxygen atoms in total. The van der Waals surface area contributed by atoms with Crippen LogP contribution in [0.25, 0.3) is 0 Å². The number of thioether (sulfide) groups is 1. The van der Waals surface area contributed by atoms with E-state index in [4.69, 9.17) is 0 Å². The highest BCUT2D eigenvalue weighted by Crippen LogP contribution is 2.21. The molecule has 1 aromatic heterocycles. The van der Waals surface area contributed by atoms with Crippen LogP contribution in [-0.4, -0.2) is 34.8 Å². The van der Waals surface area contributed by atoms with Crippen molar-refractivity contribution in [1.29, 1.82) is 0 Å². The number of anilines is 1. The zero-order valence-corrected chi connectivity index (χ0v) is 17.2. The van der Waals surface area contributed by atoms with Crippen molar-refractivity contribution in [2.24, 2.45) is 0 Å². The van der Waals surface area contributed by atoms with Crippen LogP contribution < -0.4 is 5.32 Å². The summed E-state index contributed by atoms with van der Waals surface area (Å²) in [6, 6.07) is 13.6. The second-order valence-corrected chi connectivity index (χ2v) is 8.99. The average molecular weight is 435 g/mol. The third-order valence-corrected chi connectivity index (χ3v) is 6.59. The fourth-order valence-electron chi connectivity index (χ4n) is 2.59. The summed E-state index contributed by atoms with van der Waals surface area (Å²) in [5, 5.41) is 11.2. The Labute approximate surface area is 172 Å². The van der Waals surface area contributed by atoms with Crippen molar-refractivity contribution in [3.05, 3.63) is 66.2 Å². The normalized spacial score (nSPS) is 11.4. The molecule has 152 valence electrons. The summed E-state index contributed by atoms with van der Waals surface area (Å²) < 4.78 is 39.8. The lowest BCUT2D eigenvalue weighted by Crippen LogP contribution is -2.15. The molecule has 0 atom stereocenters. The van der Waals surface area contributed by atoms with Crippen molar-refractivity contribution < 1.29 is 17.6 Å². The standard InChI is InChI=1S/C19H19FN4O3S2/c1-2-24-17(13-29(26,27)16-6-4-3-5-7-16)22-23-19(24)28-12-18(25)21-15-10-8-14(20)9-11-15/h3-11H,2,12-13H2,1H3,(H,21,25). The first-order valence-corrected chi connectivity index (χ1v) is 11.4. The van der Waals surface area contributed by atoms with E-state index in [0.29, 0.717) is 23.2 Å². The number of benzene rings is 2. The van der Waals surface area contributed by atoms with Gasteiger partial charge in [0, 0.05) is 12.2 Å². The van der Waals surface area contributed by atoms with Crippen molar-refractivity contribution in [2.45, 2.75) is 29.3 Å². The molecule has 0 aliphatic rings. The summed E-state index contributed by atoms with van der Waals surface area (Å²) in [7, 11) is -3.55. The molecule has 3 aromatic rings. The number of nitrogens with one attached hydrogen (secondary N) is 1. The quantitative estimate of drug-likeness (QED) is 0.548. The number of hydrogen-bond acceptors (Lipinski definition) is 6. The van der Waals surface area contributed by atoms with Crippen LogP contribution in [0.3, 0.4) is 0 Å². The highest BCUT2D eigenvalue weighted by molar-refractivity contribution is 7.99. The molecule has 10 heteroatoms. The van der Waals surface area contributed by atoms with Gasteiger partial charge in [0.05, 0.1) is 10.6 Å². The Morgan fingerprint density at radius 3 is 2.45 bits per heavy atom. The van der Waals surface area contributed by atoms with Gasteiger partial charge in [-0.15, -0.1) is 10.2 Å². The molecular weight excluding hydrogens is 415 g/mol. The fourth-order valence-corrected chi connectivity index (χ4v) is 4.70. The lowest BCUT2D eigenvalue weighted by Gasteiger charge is -2.08. The number of rotatable bonds is 8. The molecule has 1 N–H and O–H groups in total. The topological polar surface area (TPSA) is 93.9 Å². The molecule has 1 amide bonds. The van der Waals surface area contributed by atoms with Gasteiger partial charge in [-0.25, -0.2) is 12.8 Å². The Bertz CT molecular complexity index is 1080. The molecule has 0 radical (unpaired) electrons. The number of aromatic nitrogens is 3. The Morgan fingerprint density at radius 1 is 1.10 bits per heavy atom. The predicted molar refractivity (Wildman–Crippen MR) is 109 cm³/mol. The highest BCUT2D eigenvalue weighted by Gasteiger charge is 2.21. The van der Waals surface area contributed by atoms with Crippen LogP contribution in [0.15, 0.2) is 64.6 Å². The van der Waals surface area contributed by atoms with Crippen LogP contribution in [0.4, 0.5) is 10.1 Å². The zero-order valence-electron chi connectivity index (χ0n) is 15.6. The van der Waals surface area contributed by atoms with Gasteiger partial charge in [0.25, 0.3) is 0 Å². The van der Waals surface area contributed by atoms with Gasteiger partial charge >= 0.3 is 0 Å². The van der Waals surface area contributed by atoms with Gasteiger partial charge in [-0.2, -0.15) is 0 Å². The molecule has 0 saturated carbocycles. The van der Waals surface area contributed by atoms with E-state index >= 15 is 0 Å². The average Bonchev–Trinajstić information content (AvgIpc) is 3.09. The maximum absolute atomic E-state index is 12.9. The van der Waals surface area contributed by atoms with E-state index in [0.717, 1.165) is 11.8 Å². The molecule has 0 saturated heterocycles. The summed E-state index contributed by atoms with van der Waals surface area (Å²) in [5.41, 5.74) is 0.489. The fraction of sp³-hybridized carbons (Fsp3) is 0.211. The van der Waals surface area contributed by atoms with Crippen LogP contribution in [0.1, 0.15) is 12.7 Å². The van der Waals surface area contributed by atoms with Gasteiger partial charge in [-0.05, 0) is 43.3 Å². The SMILES string of the molecule is CCn1c(CS(=O)(=O)c2ccccc2)nnc1SCC(=O)Nc1ccc(F)cc1. The van der Waals surface area contributed by atoms with Crippen molar-refractivity contribution in [3.63, 3.8) is 0 Å². The zero-order chi connectivity index (χ0) is 20.9. The van der Waals surface area contributed by atoms with Crippen molar-refractivity contribution in [3.8, 4) is 0 Å². The van der Waals surface area contributed by atoms with Crippen LogP contribution in [0.2, 0.25) is 0 Å². The monoisotopic (exact) mass is 434 g/mol. The van der Waals surface area contributed by atoms with Crippen LogP contribution in [-0.2, 0) is 26.9 Å². The van der Waals surface area contributed by atoms with Gasteiger partial charge in [0.15, 0.2) is 15.0 Å². The number of carbonyl (C=O) groups is 1. The number of nitrogens with zero attached hydrogens (tertiary/aromatic N) is 3. The van der Waals surface area contributed by atoms with Crippen LogP contribution in [0, 0.1) is 5.82 Å². The van der Waals surface area contributed by atoms with E-state index in [2.05, 4.69) is 15.5 Å². The van der Waals surface area contributed by atoms with Crippen LogP contribution in [0.5, 0.6) is 0 Å². The maximum atomic E-state index is 12.9. The lowest BCUT2D eigenvalue weighted by molar-refractivity contribution is -0.113. The largest absolute Gasteiger partial charge is 0.325 e. The summed E-state index contributed by atoms with van der Waals surface area (Å²) in [4.78, 5) is 12.3. The first-order chi connectivity index (χ1) is 13.9. The molecule has 1 heterocycles. The molecule has 0 fully saturated rings. The first kappa shape index (κ1) is 21.0. The molecule has 0 aliphatic carbocycles. The van der Waals surface area contributed by atoms with Crippen molar-refractivity contribution >= 4 is 33.2 Å². The summed E-state index contributed by atoms with van der Waals surface area (Å²) in [5.74, 6) is -0.573. The number of amides is 1. The highest BCUT2D eigenvalue weighted by atomic mass is 32.2. The van der Waals surface area contributed by atoms with Gasteiger partial charge < -0.3 is 9.88 Å². The third kappa shape index (κ3) is 5.42. The number of sulfone groups is 1. The smallest absolute Gasteiger partial charge is 0.234 e. The minimum atomic E-state index is -3.55. The molecule has 0 spiro atoms. The maximum Gasteiger partial charge on any atom is 0.234 e. The molecule has 0 bridgehead atoms. The Kier molecular flexibility index (Phi) is 6.65. The first-order valence-electron chi connectivity index (χ1n) is 8.77. The minimum Gasteiger partial charge on any atom is -0.325 e. The van der Waals surface area contributed by atoms with Crippen molar-refractivity contribution in [1.82, 2.24) is 14.8 Å². The molecule has 0 aliphatic heterocycles. The second kappa shape index (κ2) is 9.19. The molecule has 29 heavy (non-hydrogen) atoms. The van der Waals surface area contributed by atoms with Crippen molar-refractivity contribution in [2.75, 3.05) is 11.1 Å². The van der Waals surface area contributed by atoms with E-state index in [1.165, 1.54) is 36.4 Å². The lowest BCUT2D eigenvalue weighted by atomic mass is 10.3. The minimum absolute atomic E-state index is 0.0565. The number of halogens is 1. The Morgan fingerprint density at radius 2 is 1.79 bits per heavy atom. The van der Waals surface area contributed by atoms with Gasteiger partial charge in [0.1, 0.15) is 17.4 Å². The summed E-state index contributed by atoms with van der Waals surface area (Å²) in [6.07, 6.45) is 0. The second-order valence-electron chi connectivity index (χ2n) is 6.06. The predicted octanol–water partition coefficient (Wildman–Crippen LogP) is 3.14. The van der Waals surface area contributed by atoms with E-state index in [9.17, 15) is 17.6 Å². The van der Waals surface area contributed by atoms with Gasteiger partial charge in [0.2, 0.25) is 5.91 Å².